The van der Waals surface area contributed by atoms with Gasteiger partial charge in [-0.1, -0.05) is 72.8 Å². The van der Waals surface area contributed by atoms with Gasteiger partial charge in [0.1, 0.15) is 22.3 Å². The fourth-order valence-corrected chi connectivity index (χ4v) is 7.00. The Morgan fingerprint density at radius 3 is 1.64 bits per heavy atom. The van der Waals surface area contributed by atoms with Crippen LogP contribution in [0.25, 0.3) is 97.7 Å². The van der Waals surface area contributed by atoms with Gasteiger partial charge in [0, 0.05) is 37.7 Å². The lowest BCUT2D eigenvalue weighted by molar-refractivity contribution is 0.654. The van der Waals surface area contributed by atoms with E-state index in [1.54, 1.807) is 0 Å². The molecule has 0 radical (unpaired) electrons. The van der Waals surface area contributed by atoms with Crippen LogP contribution < -0.4 is 0 Å². The summed E-state index contributed by atoms with van der Waals surface area (Å²) in [4.78, 5) is 0. The van der Waals surface area contributed by atoms with E-state index >= 15 is 0 Å². The van der Waals surface area contributed by atoms with Crippen molar-refractivity contribution in [2.75, 3.05) is 0 Å². The highest BCUT2D eigenvalue weighted by Crippen LogP contribution is 2.52. The third-order valence-electron chi connectivity index (χ3n) is 8.34. The van der Waals surface area contributed by atoms with Crippen molar-refractivity contribution in [2.45, 2.75) is 0 Å². The second-order valence-corrected chi connectivity index (χ2v) is 10.00. The molecule has 2 heterocycles. The maximum absolute atomic E-state index is 6.63. The molecular formula is C34H16O2. The van der Waals surface area contributed by atoms with Crippen LogP contribution in [0.5, 0.6) is 0 Å². The third-order valence-corrected chi connectivity index (χ3v) is 8.34. The van der Waals surface area contributed by atoms with Gasteiger partial charge in [0.2, 0.25) is 0 Å². The Morgan fingerprint density at radius 1 is 0.278 bits per heavy atom. The number of fused-ring (bicyclic) bond motifs is 6. The minimum Gasteiger partial charge on any atom is -0.456 e. The maximum Gasteiger partial charge on any atom is 0.136 e. The van der Waals surface area contributed by atoms with Crippen molar-refractivity contribution in [3.63, 3.8) is 0 Å². The van der Waals surface area contributed by atoms with Crippen molar-refractivity contribution in [3.05, 3.63) is 97.1 Å². The normalized spacial score (nSPS) is 13.0. The largest absolute Gasteiger partial charge is 0.456 e. The second kappa shape index (κ2) is 5.69. The van der Waals surface area contributed by atoms with Crippen LogP contribution in [-0.2, 0) is 0 Å². The van der Waals surface area contributed by atoms with Gasteiger partial charge in [-0.3, -0.25) is 0 Å². The molecule has 0 spiro atoms. The van der Waals surface area contributed by atoms with Gasteiger partial charge in [0.05, 0.1) is 0 Å². The molecule has 0 N–H and O–H groups in total. The van der Waals surface area contributed by atoms with Crippen LogP contribution in [-0.4, -0.2) is 0 Å². The van der Waals surface area contributed by atoms with Gasteiger partial charge in [-0.05, 0) is 62.0 Å². The van der Waals surface area contributed by atoms with Crippen molar-refractivity contribution in [1.29, 1.82) is 0 Å². The Labute approximate surface area is 203 Å². The number of rotatable bonds is 0. The molecule has 0 fully saturated rings. The Morgan fingerprint density at radius 2 is 0.806 bits per heavy atom. The van der Waals surface area contributed by atoms with Crippen molar-refractivity contribution in [3.8, 4) is 0 Å². The average Bonchev–Trinajstić information content (AvgIpc) is 2.94. The van der Waals surface area contributed by atoms with E-state index in [1.165, 1.54) is 64.6 Å². The smallest absolute Gasteiger partial charge is 0.136 e. The number of benzene rings is 8. The first kappa shape index (κ1) is 17.6. The van der Waals surface area contributed by atoms with Crippen LogP contribution in [0.15, 0.2) is 106 Å². The van der Waals surface area contributed by atoms with E-state index < -0.39 is 0 Å². The highest BCUT2D eigenvalue weighted by molar-refractivity contribution is 6.48. The molecule has 0 aliphatic heterocycles. The molecule has 2 nitrogen and oxygen atoms in total. The summed E-state index contributed by atoms with van der Waals surface area (Å²) in [5.74, 6) is 0. The van der Waals surface area contributed by atoms with Crippen molar-refractivity contribution in [2.24, 2.45) is 0 Å². The van der Waals surface area contributed by atoms with E-state index in [0.29, 0.717) is 0 Å². The fourth-order valence-electron chi connectivity index (χ4n) is 7.00. The molecule has 10 rings (SSSR count). The molecule has 164 valence electrons. The molecule has 0 unspecified atom stereocenters. The zero-order chi connectivity index (χ0) is 23.1. The Hall–Kier alpha value is -4.82. The maximum atomic E-state index is 6.63. The first-order valence-corrected chi connectivity index (χ1v) is 12.4. The summed E-state index contributed by atoms with van der Waals surface area (Å²) in [6, 6.07) is 34.8. The highest BCUT2D eigenvalue weighted by Gasteiger charge is 2.25. The average molecular weight is 457 g/mol. The summed E-state index contributed by atoms with van der Waals surface area (Å²) in [6.45, 7) is 0. The Balaban J connectivity index is 1.70. The molecule has 0 aliphatic carbocycles. The molecule has 2 aromatic heterocycles. The number of hydrogen-bond acceptors (Lipinski definition) is 2. The van der Waals surface area contributed by atoms with E-state index in [4.69, 9.17) is 8.83 Å². The molecule has 2 heteroatoms. The van der Waals surface area contributed by atoms with Crippen LogP contribution in [0.4, 0.5) is 0 Å². The van der Waals surface area contributed by atoms with Gasteiger partial charge >= 0.3 is 0 Å². The van der Waals surface area contributed by atoms with Crippen LogP contribution in [0.2, 0.25) is 0 Å². The van der Waals surface area contributed by atoms with E-state index in [0.717, 1.165) is 33.1 Å². The van der Waals surface area contributed by atoms with E-state index in [-0.39, 0.29) is 0 Å². The lowest BCUT2D eigenvalue weighted by Crippen LogP contribution is -1.94. The van der Waals surface area contributed by atoms with Crippen LogP contribution >= 0.6 is 0 Å². The second-order valence-electron chi connectivity index (χ2n) is 10.00. The molecule has 0 atom stereocenters. The molecule has 36 heavy (non-hydrogen) atoms. The van der Waals surface area contributed by atoms with Gasteiger partial charge in [0.15, 0.2) is 0 Å². The molecule has 8 aromatic carbocycles. The predicted octanol–water partition coefficient (Wildman–Crippen LogP) is 10.1. The summed E-state index contributed by atoms with van der Waals surface area (Å²) >= 11 is 0. The Bertz CT molecular complexity index is 2500. The number of hydrogen-bond donors (Lipinski definition) is 0. The molecule has 0 saturated carbocycles. The lowest BCUT2D eigenvalue weighted by Gasteiger charge is -2.21. The summed E-state index contributed by atoms with van der Waals surface area (Å²) < 4.78 is 13.2. The van der Waals surface area contributed by atoms with Crippen LogP contribution in [0.3, 0.4) is 0 Å². The first-order chi connectivity index (χ1) is 17.9. The van der Waals surface area contributed by atoms with E-state index in [1.807, 2.05) is 0 Å². The highest BCUT2D eigenvalue weighted by atomic mass is 16.3. The predicted molar refractivity (Wildman–Crippen MR) is 151 cm³/mol. The van der Waals surface area contributed by atoms with Gasteiger partial charge in [-0.25, -0.2) is 0 Å². The molecule has 0 amide bonds. The summed E-state index contributed by atoms with van der Waals surface area (Å²) in [5.41, 5.74) is 3.64. The SMILES string of the molecule is c1ccc2c(c1)ccc1oc3ccc4oc5ccc6cccc7c8cccc9c8c(c5c67)c4c3c9c12. The van der Waals surface area contributed by atoms with Gasteiger partial charge in [0.25, 0.3) is 0 Å². The fraction of sp³-hybridized carbons (Fsp3) is 0. The van der Waals surface area contributed by atoms with Crippen molar-refractivity contribution in [1.82, 2.24) is 0 Å². The Kier molecular flexibility index (Phi) is 2.78. The van der Waals surface area contributed by atoms with Crippen LogP contribution in [0, 0.1) is 0 Å². The van der Waals surface area contributed by atoms with Crippen molar-refractivity contribution >= 4 is 97.7 Å². The lowest BCUT2D eigenvalue weighted by atomic mass is 9.83. The summed E-state index contributed by atoms with van der Waals surface area (Å²) in [5, 5.41) is 17.3. The molecular weight excluding hydrogens is 440 g/mol. The van der Waals surface area contributed by atoms with Gasteiger partial charge in [-0.15, -0.1) is 0 Å². The quantitative estimate of drug-likeness (QED) is 0.168. The topological polar surface area (TPSA) is 26.3 Å². The standard InChI is InChI=1S/C34H16O2/c1-2-7-19-17(5-1)11-13-23-29(19)30-22-10-4-9-21-20-8-3-6-18-12-14-24-31(27(18)20)34(28(21)22)33-26(36-24)16-15-25(35-23)32(30)33/h1-16H. The third kappa shape index (κ3) is 1.81. The summed E-state index contributed by atoms with van der Waals surface area (Å²) in [6.07, 6.45) is 0. The first-order valence-electron chi connectivity index (χ1n) is 12.4. The monoisotopic (exact) mass is 456 g/mol. The minimum atomic E-state index is 0.896. The molecule has 0 aliphatic rings. The van der Waals surface area contributed by atoms with Gasteiger partial charge < -0.3 is 8.83 Å². The minimum absolute atomic E-state index is 0.896. The summed E-state index contributed by atoms with van der Waals surface area (Å²) in [7, 11) is 0. The molecule has 0 bridgehead atoms. The van der Waals surface area contributed by atoms with Gasteiger partial charge in [-0.2, -0.15) is 0 Å². The zero-order valence-corrected chi connectivity index (χ0v) is 19.1. The van der Waals surface area contributed by atoms with E-state index in [9.17, 15) is 0 Å². The zero-order valence-electron chi connectivity index (χ0n) is 19.1. The van der Waals surface area contributed by atoms with Crippen LogP contribution in [0.1, 0.15) is 0 Å². The van der Waals surface area contributed by atoms with Crippen molar-refractivity contribution < 1.29 is 8.83 Å². The molecule has 0 saturated heterocycles. The molecule has 10 aromatic rings. The van der Waals surface area contributed by atoms with E-state index in [2.05, 4.69) is 97.1 Å².